The lowest BCUT2D eigenvalue weighted by Crippen LogP contribution is -2.43. The summed E-state index contributed by atoms with van der Waals surface area (Å²) in [5.41, 5.74) is 4.70. The Balaban J connectivity index is 3.00. The molecule has 0 unspecified atom stereocenters. The van der Waals surface area contributed by atoms with Crippen LogP contribution < -0.4 is 21.7 Å². The molecule has 42 heavy (non-hydrogen) atoms. The first-order valence-corrected chi connectivity index (χ1v) is 14.5. The van der Waals surface area contributed by atoms with Gasteiger partial charge < -0.3 is 31.5 Å². The van der Waals surface area contributed by atoms with Crippen molar-refractivity contribution >= 4 is 35.5 Å². The van der Waals surface area contributed by atoms with Crippen LogP contribution in [0.15, 0.2) is 24.3 Å². The quantitative estimate of drug-likeness (QED) is 0.170. The molecule has 1 aromatic carbocycles. The maximum atomic E-state index is 13.2. The predicted molar refractivity (Wildman–Crippen MR) is 162 cm³/mol. The number of carboxylic acid groups (broad SMARTS) is 1. The fourth-order valence-corrected chi connectivity index (χ4v) is 4.29. The molecule has 236 valence electrons. The second-order valence-corrected chi connectivity index (χ2v) is 13.0. The van der Waals surface area contributed by atoms with Crippen LogP contribution in [-0.4, -0.2) is 53.1 Å². The number of rotatable bonds is 16. The van der Waals surface area contributed by atoms with Crippen LogP contribution in [0.5, 0.6) is 0 Å². The number of aliphatic carboxylic acids is 1. The number of carbonyl (C=O) groups excluding carboxylic acids is 4. The number of nitrogens with one attached hydrogen (secondary N) is 3. The van der Waals surface area contributed by atoms with Crippen molar-refractivity contribution in [2.24, 2.45) is 28.9 Å². The molecule has 0 aliphatic heterocycles. The van der Waals surface area contributed by atoms with Gasteiger partial charge in [0.2, 0.25) is 5.91 Å². The Labute approximate surface area is 249 Å². The number of hydrogen-bond acceptors (Lipinski definition) is 6. The number of carboxylic acids is 1. The third-order valence-corrected chi connectivity index (χ3v) is 7.11. The maximum Gasteiger partial charge on any atom is 0.407 e. The Morgan fingerprint density at radius 1 is 0.976 bits per heavy atom. The number of anilines is 1. The van der Waals surface area contributed by atoms with Crippen molar-refractivity contribution in [1.29, 1.82) is 0 Å². The van der Waals surface area contributed by atoms with Crippen molar-refractivity contribution < 1.29 is 33.8 Å². The summed E-state index contributed by atoms with van der Waals surface area (Å²) in [5, 5.41) is 17.8. The first-order chi connectivity index (χ1) is 19.3. The van der Waals surface area contributed by atoms with Gasteiger partial charge in [-0.15, -0.1) is 0 Å². The van der Waals surface area contributed by atoms with Gasteiger partial charge in [-0.2, -0.15) is 0 Å². The van der Waals surface area contributed by atoms with Crippen molar-refractivity contribution in [3.05, 3.63) is 29.8 Å². The van der Waals surface area contributed by atoms with Gasteiger partial charge >= 0.3 is 18.1 Å². The first-order valence-electron chi connectivity index (χ1n) is 14.5. The Kier molecular flexibility index (Phi) is 14.0. The summed E-state index contributed by atoms with van der Waals surface area (Å²) in [4.78, 5) is 61.2. The molecule has 0 radical (unpaired) electrons. The van der Waals surface area contributed by atoms with Gasteiger partial charge in [0.15, 0.2) is 0 Å². The molecule has 1 aromatic rings. The third kappa shape index (κ3) is 13.8. The fraction of sp³-hybridized carbons (Fsp3) is 0.645. The summed E-state index contributed by atoms with van der Waals surface area (Å²) >= 11 is 0. The number of benzene rings is 1. The molecular formula is C31H50N4O7. The summed E-state index contributed by atoms with van der Waals surface area (Å²) in [7, 11) is 0. The highest BCUT2D eigenvalue weighted by molar-refractivity contribution is 5.95. The zero-order chi connectivity index (χ0) is 32.3. The summed E-state index contributed by atoms with van der Waals surface area (Å²) in [6, 6.07) is 5.89. The number of urea groups is 1. The van der Waals surface area contributed by atoms with Crippen molar-refractivity contribution in [2.45, 2.75) is 99.1 Å². The van der Waals surface area contributed by atoms with E-state index in [0.29, 0.717) is 31.5 Å². The molecule has 3 atom stereocenters. The minimum atomic E-state index is -1.08. The Hall–Kier alpha value is -3.63. The average Bonchev–Trinajstić information content (AvgIpc) is 2.84. The Morgan fingerprint density at radius 3 is 2.07 bits per heavy atom. The van der Waals surface area contributed by atoms with E-state index < -0.39 is 41.1 Å². The van der Waals surface area contributed by atoms with E-state index in [1.165, 1.54) is 0 Å². The molecular weight excluding hydrogens is 540 g/mol. The van der Waals surface area contributed by atoms with E-state index in [2.05, 4.69) is 16.0 Å². The van der Waals surface area contributed by atoms with E-state index in [1.54, 1.807) is 58.9 Å². The highest BCUT2D eigenvalue weighted by Crippen LogP contribution is 2.26. The van der Waals surface area contributed by atoms with Gasteiger partial charge in [0.05, 0.1) is 5.41 Å². The molecule has 0 saturated carbocycles. The van der Waals surface area contributed by atoms with Crippen LogP contribution in [-0.2, 0) is 25.5 Å². The minimum absolute atomic E-state index is 0.0103. The van der Waals surface area contributed by atoms with Crippen LogP contribution >= 0.6 is 0 Å². The molecule has 1 rings (SSSR count). The number of amides is 4. The molecule has 0 aliphatic rings. The van der Waals surface area contributed by atoms with Crippen LogP contribution in [0, 0.1) is 23.2 Å². The highest BCUT2D eigenvalue weighted by atomic mass is 16.6. The lowest BCUT2D eigenvalue weighted by atomic mass is 9.84. The topological polar surface area (TPSA) is 177 Å². The van der Waals surface area contributed by atoms with Gasteiger partial charge in [0.25, 0.3) is 0 Å². The molecule has 0 aromatic heterocycles. The van der Waals surface area contributed by atoms with Gasteiger partial charge in [0, 0.05) is 36.5 Å². The van der Waals surface area contributed by atoms with Crippen LogP contribution in [0.4, 0.5) is 15.3 Å². The van der Waals surface area contributed by atoms with E-state index >= 15 is 0 Å². The fourth-order valence-electron chi connectivity index (χ4n) is 4.29. The average molecular weight is 591 g/mol. The first kappa shape index (κ1) is 36.4. The molecule has 0 saturated heterocycles. The standard InChI is InChI=1S/C31H50N4O7/c1-19(2)20(3)25(36)17-22(10-9-15-33-28(32)40)26(37)34-23-13-11-21(12-14-23)16-24(18-31(7,8)27(38)39)35-29(41)42-30(4,5)6/h11-14,19-20,22,24H,9-10,15-18H2,1-8H3,(H,34,37)(H,35,41)(H,38,39)(H3,32,33,40)/t20-,22+,24-/m0/s1. The number of Topliss-reactive ketones (excluding diaryl/α,β-unsaturated/α-hetero) is 1. The molecule has 4 amide bonds. The zero-order valence-electron chi connectivity index (χ0n) is 26.3. The van der Waals surface area contributed by atoms with Crippen LogP contribution in [0.1, 0.15) is 86.6 Å². The summed E-state index contributed by atoms with van der Waals surface area (Å²) in [5.74, 6) is -1.86. The summed E-state index contributed by atoms with van der Waals surface area (Å²) in [6.07, 6.45) is 0.879. The van der Waals surface area contributed by atoms with E-state index in [9.17, 15) is 29.1 Å². The molecule has 0 spiro atoms. The number of ketones is 1. The SMILES string of the molecule is CC(C)[C@H](C)C(=O)C[C@@H](CCCNC(N)=O)C(=O)Nc1ccc(C[C@@H](CC(C)(C)C(=O)O)NC(=O)OC(C)(C)C)cc1. The molecule has 0 bridgehead atoms. The number of nitrogens with two attached hydrogens (primary N) is 1. The normalized spacial score (nSPS) is 13.9. The monoisotopic (exact) mass is 590 g/mol. The number of ether oxygens (including phenoxy) is 1. The smallest absolute Gasteiger partial charge is 0.407 e. The third-order valence-electron chi connectivity index (χ3n) is 7.11. The van der Waals surface area contributed by atoms with Crippen LogP contribution in [0.25, 0.3) is 0 Å². The van der Waals surface area contributed by atoms with E-state index in [0.717, 1.165) is 5.56 Å². The highest BCUT2D eigenvalue weighted by Gasteiger charge is 2.32. The van der Waals surface area contributed by atoms with E-state index in [4.69, 9.17) is 10.5 Å². The Bertz CT molecular complexity index is 1080. The van der Waals surface area contributed by atoms with E-state index in [1.807, 2.05) is 20.8 Å². The molecule has 0 fully saturated rings. The molecule has 0 heterocycles. The number of alkyl carbamates (subject to hydrolysis) is 1. The van der Waals surface area contributed by atoms with Crippen molar-refractivity contribution in [2.75, 3.05) is 11.9 Å². The van der Waals surface area contributed by atoms with E-state index in [-0.39, 0.29) is 36.4 Å². The van der Waals surface area contributed by atoms with Gasteiger partial charge in [0.1, 0.15) is 11.4 Å². The number of hydrogen-bond donors (Lipinski definition) is 5. The largest absolute Gasteiger partial charge is 0.481 e. The minimum Gasteiger partial charge on any atom is -0.481 e. The number of carbonyl (C=O) groups is 5. The summed E-state index contributed by atoms with van der Waals surface area (Å²) in [6.45, 7) is 14.5. The second-order valence-electron chi connectivity index (χ2n) is 13.0. The predicted octanol–water partition coefficient (Wildman–Crippen LogP) is 4.88. The molecule has 6 N–H and O–H groups in total. The lowest BCUT2D eigenvalue weighted by Gasteiger charge is -2.28. The van der Waals surface area contributed by atoms with Gasteiger partial charge in [-0.3, -0.25) is 14.4 Å². The lowest BCUT2D eigenvalue weighted by molar-refractivity contribution is -0.147. The zero-order valence-corrected chi connectivity index (χ0v) is 26.3. The molecule has 11 heteroatoms. The van der Waals surface area contributed by atoms with Crippen LogP contribution in [0.3, 0.4) is 0 Å². The van der Waals surface area contributed by atoms with Gasteiger partial charge in [-0.1, -0.05) is 32.9 Å². The maximum absolute atomic E-state index is 13.2. The molecule has 0 aliphatic carbocycles. The summed E-state index contributed by atoms with van der Waals surface area (Å²) < 4.78 is 5.37. The van der Waals surface area contributed by atoms with Crippen molar-refractivity contribution in [3.8, 4) is 0 Å². The van der Waals surface area contributed by atoms with Crippen LogP contribution in [0.2, 0.25) is 0 Å². The van der Waals surface area contributed by atoms with Gasteiger partial charge in [-0.05, 0) is 83.9 Å². The van der Waals surface area contributed by atoms with Crippen molar-refractivity contribution in [3.63, 3.8) is 0 Å². The van der Waals surface area contributed by atoms with Gasteiger partial charge in [-0.25, -0.2) is 9.59 Å². The second kappa shape index (κ2) is 16.1. The number of primary amides is 1. The molecule has 11 nitrogen and oxygen atoms in total. The Morgan fingerprint density at radius 2 is 1.57 bits per heavy atom. The van der Waals surface area contributed by atoms with Crippen molar-refractivity contribution in [1.82, 2.24) is 10.6 Å².